The second kappa shape index (κ2) is 9.75. The molecule has 3 aromatic heterocycles. The molecule has 0 bridgehead atoms. The number of amides is 1. The van der Waals surface area contributed by atoms with E-state index in [4.69, 9.17) is 11.6 Å². The molecule has 4 heterocycles. The number of carboxylic acid groups (broad SMARTS) is 1. The third kappa shape index (κ3) is 4.86. The van der Waals surface area contributed by atoms with E-state index in [2.05, 4.69) is 25.4 Å². The van der Waals surface area contributed by atoms with Crippen LogP contribution in [0.2, 0.25) is 4.34 Å². The lowest BCUT2D eigenvalue weighted by molar-refractivity contribution is 0.0698. The summed E-state index contributed by atoms with van der Waals surface area (Å²) in [6.45, 7) is 1.85. The number of thiophene rings is 1. The van der Waals surface area contributed by atoms with Crippen molar-refractivity contribution >= 4 is 57.2 Å². The minimum Gasteiger partial charge on any atom is -0.478 e. The van der Waals surface area contributed by atoms with Crippen LogP contribution in [0.15, 0.2) is 24.3 Å². The predicted octanol–water partition coefficient (Wildman–Crippen LogP) is 4.51. The highest BCUT2D eigenvalue weighted by Crippen LogP contribution is 2.34. The van der Waals surface area contributed by atoms with Crippen molar-refractivity contribution in [3.05, 3.63) is 50.8 Å². The number of carbonyl (C=O) groups is 2. The van der Waals surface area contributed by atoms with E-state index in [0.29, 0.717) is 20.4 Å². The van der Waals surface area contributed by atoms with Gasteiger partial charge in [0.1, 0.15) is 21.9 Å². The molecule has 1 saturated heterocycles. The summed E-state index contributed by atoms with van der Waals surface area (Å²) in [7, 11) is 0. The number of aromatic nitrogens is 4. The Bertz CT molecular complexity index is 1510. The van der Waals surface area contributed by atoms with Gasteiger partial charge in [-0.05, 0) is 49.9 Å². The fraction of sp³-hybridized carbons (Fsp3) is 0.375. The first-order chi connectivity index (χ1) is 17.9. The van der Waals surface area contributed by atoms with Gasteiger partial charge in [-0.25, -0.2) is 14.2 Å². The fourth-order valence-corrected chi connectivity index (χ4v) is 6.70. The number of halogens is 2. The largest absolute Gasteiger partial charge is 0.478 e. The van der Waals surface area contributed by atoms with Crippen molar-refractivity contribution in [1.29, 1.82) is 0 Å². The Morgan fingerprint density at radius 3 is 2.57 bits per heavy atom. The Balaban J connectivity index is 1.33. The molecule has 1 amide bonds. The monoisotopic (exact) mass is 560 g/mol. The zero-order valence-corrected chi connectivity index (χ0v) is 21.9. The molecule has 0 spiro atoms. The van der Waals surface area contributed by atoms with Crippen LogP contribution in [0.25, 0.3) is 20.9 Å². The molecule has 6 rings (SSSR count). The summed E-state index contributed by atoms with van der Waals surface area (Å²) >= 11 is 8.70. The second-order valence-corrected chi connectivity index (χ2v) is 12.0. The Hall–Kier alpha value is -2.93. The Labute approximate surface area is 223 Å². The lowest BCUT2D eigenvalue weighted by Gasteiger charge is -2.32. The first kappa shape index (κ1) is 24.4. The average molecular weight is 561 g/mol. The Morgan fingerprint density at radius 1 is 1.11 bits per heavy atom. The van der Waals surface area contributed by atoms with Gasteiger partial charge in [0.15, 0.2) is 5.01 Å². The smallest absolute Gasteiger partial charge is 0.337 e. The van der Waals surface area contributed by atoms with Crippen LogP contribution in [0.1, 0.15) is 51.7 Å². The number of fused-ring (bicyclic) bond motifs is 1. The predicted molar refractivity (Wildman–Crippen MR) is 139 cm³/mol. The van der Waals surface area contributed by atoms with Gasteiger partial charge in [0.2, 0.25) is 5.82 Å². The lowest BCUT2D eigenvalue weighted by atomic mass is 10.0. The topological polar surface area (TPSA) is 113 Å². The Morgan fingerprint density at radius 2 is 1.89 bits per heavy atom. The van der Waals surface area contributed by atoms with Crippen molar-refractivity contribution in [2.45, 2.75) is 44.3 Å². The number of piperidine rings is 1. The van der Waals surface area contributed by atoms with Gasteiger partial charge in [-0.2, -0.15) is 0 Å². The lowest BCUT2D eigenvalue weighted by Crippen LogP contribution is -2.45. The molecule has 1 aromatic carbocycles. The van der Waals surface area contributed by atoms with Crippen LogP contribution in [0, 0.1) is 5.82 Å². The average Bonchev–Trinajstić information content (AvgIpc) is 3.27. The highest BCUT2D eigenvalue weighted by molar-refractivity contribution is 7.23. The molecule has 1 aliphatic heterocycles. The number of hydrogen-bond acceptors (Lipinski definition) is 8. The van der Waals surface area contributed by atoms with Crippen LogP contribution in [-0.4, -0.2) is 66.8 Å². The van der Waals surface area contributed by atoms with Gasteiger partial charge in [-0.15, -0.1) is 21.5 Å². The normalized spacial score (nSPS) is 16.9. The van der Waals surface area contributed by atoms with Crippen LogP contribution in [0.5, 0.6) is 0 Å². The number of carbonyl (C=O) groups excluding carboxylic acids is 1. The molecular weight excluding hydrogens is 539 g/mol. The third-order valence-electron chi connectivity index (χ3n) is 6.75. The number of imidazole rings is 1. The van der Waals surface area contributed by atoms with E-state index in [1.807, 2.05) is 6.07 Å². The molecule has 192 valence electrons. The van der Waals surface area contributed by atoms with Gasteiger partial charge in [-0.3, -0.25) is 4.79 Å². The zero-order chi connectivity index (χ0) is 25.7. The molecule has 37 heavy (non-hydrogen) atoms. The van der Waals surface area contributed by atoms with Gasteiger partial charge in [0, 0.05) is 25.2 Å². The van der Waals surface area contributed by atoms with Gasteiger partial charge >= 0.3 is 5.97 Å². The molecule has 1 saturated carbocycles. The van der Waals surface area contributed by atoms with Gasteiger partial charge in [0.25, 0.3) is 5.91 Å². The summed E-state index contributed by atoms with van der Waals surface area (Å²) in [6, 6.07) is 6.51. The van der Waals surface area contributed by atoms with E-state index in [9.17, 15) is 14.7 Å². The van der Waals surface area contributed by atoms with E-state index in [-0.39, 0.29) is 35.0 Å². The van der Waals surface area contributed by atoms with Crippen LogP contribution >= 0.6 is 34.3 Å². The van der Waals surface area contributed by atoms with Crippen LogP contribution in [0.3, 0.4) is 0 Å². The van der Waals surface area contributed by atoms with Crippen molar-refractivity contribution in [3.8, 4) is 9.88 Å². The molecule has 4 aromatic rings. The number of carboxylic acids is 1. The molecule has 2 fully saturated rings. The first-order valence-electron chi connectivity index (χ1n) is 11.9. The minimum atomic E-state index is -1.25. The summed E-state index contributed by atoms with van der Waals surface area (Å²) < 4.78 is 17.1. The molecule has 1 aliphatic carbocycles. The molecule has 0 atom stereocenters. The first-order valence-corrected chi connectivity index (χ1v) is 13.9. The van der Waals surface area contributed by atoms with E-state index < -0.39 is 17.7 Å². The second-order valence-electron chi connectivity index (χ2n) is 9.24. The molecule has 0 unspecified atom stereocenters. The summed E-state index contributed by atoms with van der Waals surface area (Å²) in [5, 5.41) is 22.3. The van der Waals surface area contributed by atoms with Crippen molar-refractivity contribution < 1.29 is 19.1 Å². The fourth-order valence-electron chi connectivity index (χ4n) is 4.78. The number of aromatic carboxylic acids is 1. The van der Waals surface area contributed by atoms with E-state index in [0.717, 1.165) is 42.9 Å². The van der Waals surface area contributed by atoms with Gasteiger partial charge in [-0.1, -0.05) is 22.9 Å². The minimum absolute atomic E-state index is 0.0101. The molecular formula is C24H22ClFN6O3S2. The van der Waals surface area contributed by atoms with Crippen molar-refractivity contribution in [3.63, 3.8) is 0 Å². The van der Waals surface area contributed by atoms with E-state index >= 15 is 4.39 Å². The maximum Gasteiger partial charge on any atom is 0.337 e. The number of benzene rings is 1. The third-order valence-corrected chi connectivity index (χ3v) is 9.06. The molecule has 2 aliphatic rings. The van der Waals surface area contributed by atoms with Crippen LogP contribution < -0.4 is 5.32 Å². The van der Waals surface area contributed by atoms with Crippen LogP contribution in [0.4, 0.5) is 4.39 Å². The molecule has 13 heteroatoms. The number of rotatable bonds is 7. The maximum absolute atomic E-state index is 15.1. The number of hydrogen-bond donors (Lipinski definition) is 2. The Kier molecular flexibility index (Phi) is 6.43. The van der Waals surface area contributed by atoms with E-state index in [1.165, 1.54) is 40.1 Å². The van der Waals surface area contributed by atoms with Crippen molar-refractivity contribution in [1.82, 2.24) is 30.0 Å². The van der Waals surface area contributed by atoms with Crippen LogP contribution in [-0.2, 0) is 6.54 Å². The SMILES string of the molecule is O=C(O)c1ccc(F)c2c1nc(C(=O)NC1CCN(C3CC3)CC1)n2Cc1nnc(-c2ccc(Cl)s2)s1. The van der Waals surface area contributed by atoms with Gasteiger partial charge in [0.05, 0.1) is 21.3 Å². The highest BCUT2D eigenvalue weighted by Gasteiger charge is 2.33. The summed E-state index contributed by atoms with van der Waals surface area (Å²) in [4.78, 5) is 32.9. The van der Waals surface area contributed by atoms with E-state index in [1.54, 1.807) is 6.07 Å². The quantitative estimate of drug-likeness (QED) is 0.342. The molecule has 2 N–H and O–H groups in total. The van der Waals surface area contributed by atoms with Crippen molar-refractivity contribution in [2.24, 2.45) is 0 Å². The summed E-state index contributed by atoms with van der Waals surface area (Å²) in [5.74, 6) is -2.43. The highest BCUT2D eigenvalue weighted by atomic mass is 35.5. The summed E-state index contributed by atoms with van der Waals surface area (Å²) in [6.07, 6.45) is 4.12. The number of likely N-dealkylation sites (tertiary alicyclic amines) is 1. The summed E-state index contributed by atoms with van der Waals surface area (Å²) in [5.41, 5.74) is -0.298. The number of nitrogens with zero attached hydrogens (tertiary/aromatic N) is 5. The van der Waals surface area contributed by atoms with Crippen molar-refractivity contribution in [2.75, 3.05) is 13.1 Å². The van der Waals surface area contributed by atoms with Gasteiger partial charge < -0.3 is 19.9 Å². The molecule has 0 radical (unpaired) electrons. The molecule has 9 nitrogen and oxygen atoms in total. The number of nitrogens with one attached hydrogen (secondary N) is 1. The standard InChI is InChI=1S/C24H22ClFN6O3S2/c25-17-6-5-16(36-17)23-30-29-18(37-23)11-32-20-15(26)4-3-14(24(34)35)19(20)28-21(32)22(33)27-12-7-9-31(10-8-12)13-1-2-13/h3-6,12-13H,1-2,7-11H2,(H,27,33)(H,34,35). The maximum atomic E-state index is 15.1. The zero-order valence-electron chi connectivity index (χ0n) is 19.5.